The Hall–Kier alpha value is -3.24. The molecule has 9 nitrogen and oxygen atoms in total. The normalized spacial score (nSPS) is 11.2. The van der Waals surface area contributed by atoms with Crippen molar-refractivity contribution in [3.8, 4) is 5.75 Å². The van der Waals surface area contributed by atoms with E-state index in [0.29, 0.717) is 11.3 Å². The van der Waals surface area contributed by atoms with Crippen LogP contribution in [0.3, 0.4) is 0 Å². The highest BCUT2D eigenvalue weighted by Gasteiger charge is 2.30. The lowest BCUT2D eigenvalue weighted by Gasteiger charge is -2.11. The Balaban J connectivity index is 1.94. The Kier molecular flexibility index (Phi) is 6.18. The second kappa shape index (κ2) is 8.64. The number of aromatic nitrogens is 1. The van der Waals surface area contributed by atoms with Gasteiger partial charge in [-0.05, 0) is 25.1 Å². The van der Waals surface area contributed by atoms with Gasteiger partial charge in [0.2, 0.25) is 0 Å². The summed E-state index contributed by atoms with van der Waals surface area (Å²) >= 11 is 5.95. The number of H-pyrrole nitrogens is 1. The van der Waals surface area contributed by atoms with Gasteiger partial charge in [0.25, 0.3) is 10.0 Å². The topological polar surface area (TPSA) is 127 Å². The van der Waals surface area contributed by atoms with Crippen molar-refractivity contribution in [1.82, 2.24) is 9.71 Å². The minimum atomic E-state index is -4.44. The number of anilines is 1. The standard InChI is InChI=1S/C19H18ClN3O6S/c1-3-29-18(24)16-17(14-6-4-5-7-15(14)22-16)30(26,27)23-19(25)21-12-8-11(20)9-13(10-12)28-2/h4-10,22H,3H2,1-2H3,(H2,21,23,25). The lowest BCUT2D eigenvalue weighted by Crippen LogP contribution is -2.35. The minimum absolute atomic E-state index is 0.0538. The van der Waals surface area contributed by atoms with Crippen LogP contribution in [0.2, 0.25) is 5.02 Å². The molecule has 0 fully saturated rings. The van der Waals surface area contributed by atoms with E-state index in [1.807, 2.05) is 4.72 Å². The van der Waals surface area contributed by atoms with Gasteiger partial charge in [-0.1, -0.05) is 29.8 Å². The number of hydrogen-bond donors (Lipinski definition) is 3. The van der Waals surface area contributed by atoms with E-state index >= 15 is 0 Å². The number of sulfonamides is 1. The maximum atomic E-state index is 13.0. The molecule has 3 rings (SSSR count). The molecule has 2 aromatic carbocycles. The summed E-state index contributed by atoms with van der Waals surface area (Å²) in [5, 5.41) is 2.90. The number of rotatable bonds is 6. The number of carbonyl (C=O) groups excluding carboxylic acids is 2. The number of hydrogen-bond acceptors (Lipinski definition) is 6. The van der Waals surface area contributed by atoms with Gasteiger partial charge < -0.3 is 19.8 Å². The maximum absolute atomic E-state index is 13.0. The molecule has 0 atom stereocenters. The molecule has 0 radical (unpaired) electrons. The molecule has 0 saturated heterocycles. The average molecular weight is 452 g/mol. The third kappa shape index (κ3) is 4.50. The number of fused-ring (bicyclic) bond motifs is 1. The fraction of sp³-hybridized carbons (Fsp3) is 0.158. The molecule has 0 aliphatic carbocycles. The fourth-order valence-corrected chi connectivity index (χ4v) is 4.32. The van der Waals surface area contributed by atoms with E-state index in [1.165, 1.54) is 31.4 Å². The van der Waals surface area contributed by atoms with E-state index < -0.39 is 22.0 Å². The first-order valence-corrected chi connectivity index (χ1v) is 10.6. The van der Waals surface area contributed by atoms with Crippen LogP contribution in [0.4, 0.5) is 10.5 Å². The molecule has 0 spiro atoms. The van der Waals surface area contributed by atoms with Crippen LogP contribution < -0.4 is 14.8 Å². The predicted molar refractivity (Wildman–Crippen MR) is 112 cm³/mol. The van der Waals surface area contributed by atoms with Crippen LogP contribution in [-0.2, 0) is 14.8 Å². The molecule has 158 valence electrons. The molecule has 1 heterocycles. The van der Waals surface area contributed by atoms with Crippen LogP contribution in [0.25, 0.3) is 10.9 Å². The number of carbonyl (C=O) groups is 2. The van der Waals surface area contributed by atoms with E-state index in [0.717, 1.165) is 0 Å². The zero-order valence-corrected chi connectivity index (χ0v) is 17.6. The van der Waals surface area contributed by atoms with Crippen molar-refractivity contribution in [2.45, 2.75) is 11.8 Å². The summed E-state index contributed by atoms with van der Waals surface area (Å²) in [7, 11) is -3.02. The molecule has 11 heteroatoms. The summed E-state index contributed by atoms with van der Waals surface area (Å²) in [6, 6.07) is 9.79. The van der Waals surface area contributed by atoms with Gasteiger partial charge in [-0.2, -0.15) is 0 Å². The first-order valence-electron chi connectivity index (χ1n) is 8.71. The second-order valence-electron chi connectivity index (χ2n) is 6.03. The smallest absolute Gasteiger partial charge is 0.356 e. The summed E-state index contributed by atoms with van der Waals surface area (Å²) in [6.07, 6.45) is 0. The molecule has 30 heavy (non-hydrogen) atoms. The van der Waals surface area contributed by atoms with Gasteiger partial charge >= 0.3 is 12.0 Å². The van der Waals surface area contributed by atoms with Crippen molar-refractivity contribution in [3.63, 3.8) is 0 Å². The summed E-state index contributed by atoms with van der Waals surface area (Å²) < 4.78 is 37.9. The van der Waals surface area contributed by atoms with Crippen molar-refractivity contribution >= 4 is 50.2 Å². The number of nitrogens with one attached hydrogen (secondary N) is 3. The third-order valence-corrected chi connectivity index (χ3v) is 5.63. The van der Waals surface area contributed by atoms with Crippen LogP contribution in [0.15, 0.2) is 47.4 Å². The molecular weight excluding hydrogens is 434 g/mol. The van der Waals surface area contributed by atoms with E-state index in [9.17, 15) is 18.0 Å². The van der Waals surface area contributed by atoms with Crippen LogP contribution in [0.5, 0.6) is 5.75 Å². The van der Waals surface area contributed by atoms with Crippen LogP contribution in [0.1, 0.15) is 17.4 Å². The lowest BCUT2D eigenvalue weighted by molar-refractivity contribution is 0.0516. The van der Waals surface area contributed by atoms with Gasteiger partial charge in [-0.3, -0.25) is 0 Å². The van der Waals surface area contributed by atoms with E-state index in [2.05, 4.69) is 10.3 Å². The number of benzene rings is 2. The maximum Gasteiger partial charge on any atom is 0.356 e. The molecule has 0 bridgehead atoms. The average Bonchev–Trinajstić information content (AvgIpc) is 3.07. The first-order chi connectivity index (χ1) is 14.2. The van der Waals surface area contributed by atoms with Gasteiger partial charge in [-0.25, -0.2) is 22.7 Å². The van der Waals surface area contributed by atoms with Gasteiger partial charge in [0.15, 0.2) is 0 Å². The molecule has 0 saturated carbocycles. The fourth-order valence-electron chi connectivity index (χ4n) is 2.82. The molecule has 3 N–H and O–H groups in total. The third-order valence-electron chi connectivity index (χ3n) is 4.00. The highest BCUT2D eigenvalue weighted by molar-refractivity contribution is 7.90. The molecule has 0 aliphatic heterocycles. The summed E-state index contributed by atoms with van der Waals surface area (Å²) in [6.45, 7) is 1.65. The van der Waals surface area contributed by atoms with E-state index in [4.69, 9.17) is 21.1 Å². The largest absolute Gasteiger partial charge is 0.497 e. The number of urea groups is 1. The number of aromatic amines is 1. The van der Waals surface area contributed by atoms with Crippen LogP contribution in [-0.4, -0.2) is 39.1 Å². The van der Waals surface area contributed by atoms with Crippen molar-refractivity contribution in [1.29, 1.82) is 0 Å². The Morgan fingerprint density at radius 1 is 1.17 bits per heavy atom. The number of esters is 1. The minimum Gasteiger partial charge on any atom is -0.497 e. The van der Waals surface area contributed by atoms with E-state index in [-0.39, 0.29) is 33.3 Å². The quantitative estimate of drug-likeness (QED) is 0.492. The number of halogens is 1. The Bertz CT molecular complexity index is 1220. The van der Waals surface area contributed by atoms with Crippen LogP contribution in [0, 0.1) is 0 Å². The lowest BCUT2D eigenvalue weighted by atomic mass is 10.2. The number of ether oxygens (including phenoxy) is 2. The van der Waals surface area contributed by atoms with Crippen molar-refractivity contribution in [3.05, 3.63) is 53.2 Å². The SMILES string of the molecule is CCOC(=O)c1[nH]c2ccccc2c1S(=O)(=O)NC(=O)Nc1cc(Cl)cc(OC)c1. The zero-order valence-electron chi connectivity index (χ0n) is 16.0. The van der Waals surface area contributed by atoms with Gasteiger partial charge in [0, 0.05) is 27.7 Å². The molecule has 3 aromatic rings. The summed E-state index contributed by atoms with van der Waals surface area (Å²) in [5.41, 5.74) is 0.347. The van der Waals surface area contributed by atoms with Crippen molar-refractivity contribution in [2.24, 2.45) is 0 Å². The predicted octanol–water partition coefficient (Wildman–Crippen LogP) is 3.52. The molecule has 1 aromatic heterocycles. The monoisotopic (exact) mass is 451 g/mol. The summed E-state index contributed by atoms with van der Waals surface area (Å²) in [5.74, 6) is -0.476. The van der Waals surface area contributed by atoms with Gasteiger partial charge in [0.1, 0.15) is 16.3 Å². The number of amides is 2. The first kappa shape index (κ1) is 21.5. The van der Waals surface area contributed by atoms with E-state index in [1.54, 1.807) is 25.1 Å². The summed E-state index contributed by atoms with van der Waals surface area (Å²) in [4.78, 5) is 27.0. The zero-order chi connectivity index (χ0) is 21.9. The highest BCUT2D eigenvalue weighted by atomic mass is 35.5. The number of para-hydroxylation sites is 1. The molecule has 2 amide bonds. The number of methoxy groups -OCH3 is 1. The van der Waals surface area contributed by atoms with Crippen LogP contribution >= 0.6 is 11.6 Å². The Morgan fingerprint density at radius 2 is 1.90 bits per heavy atom. The molecular formula is C19H18ClN3O6S. The van der Waals surface area contributed by atoms with Gasteiger partial charge in [0.05, 0.1) is 13.7 Å². The Labute approximate surface area is 177 Å². The van der Waals surface area contributed by atoms with Crippen molar-refractivity contribution in [2.75, 3.05) is 19.0 Å². The van der Waals surface area contributed by atoms with Crippen molar-refractivity contribution < 1.29 is 27.5 Å². The Morgan fingerprint density at radius 3 is 2.60 bits per heavy atom. The molecule has 0 aliphatic rings. The molecule has 0 unspecified atom stereocenters. The second-order valence-corrected chi connectivity index (χ2v) is 8.09. The highest BCUT2D eigenvalue weighted by Crippen LogP contribution is 2.28. The van der Waals surface area contributed by atoms with Gasteiger partial charge in [-0.15, -0.1) is 0 Å².